The Morgan fingerprint density at radius 2 is 2.18 bits per heavy atom. The van der Waals surface area contributed by atoms with Crippen molar-refractivity contribution in [2.45, 2.75) is 32.6 Å². The van der Waals surface area contributed by atoms with Crippen LogP contribution in [0.5, 0.6) is 0 Å². The number of hydrogen-bond acceptors (Lipinski definition) is 5. The summed E-state index contributed by atoms with van der Waals surface area (Å²) in [5.41, 5.74) is 6.61. The van der Waals surface area contributed by atoms with Gasteiger partial charge in [-0.15, -0.1) is 11.3 Å². The van der Waals surface area contributed by atoms with Crippen LogP contribution in [0, 0.1) is 0 Å². The van der Waals surface area contributed by atoms with Gasteiger partial charge in [-0.3, -0.25) is 0 Å². The summed E-state index contributed by atoms with van der Waals surface area (Å²) in [6, 6.07) is 1.97. The second-order valence-electron chi connectivity index (χ2n) is 4.05. The molecule has 0 radical (unpaired) electrons. The molecular formula is C12H18N4S. The molecule has 0 atom stereocenters. The van der Waals surface area contributed by atoms with Gasteiger partial charge in [0.1, 0.15) is 5.82 Å². The summed E-state index contributed by atoms with van der Waals surface area (Å²) in [6.45, 7) is 3.16. The number of anilines is 2. The minimum Gasteiger partial charge on any atom is -0.369 e. The lowest BCUT2D eigenvalue weighted by Crippen LogP contribution is -2.05. The summed E-state index contributed by atoms with van der Waals surface area (Å²) < 4.78 is 1.09. The van der Waals surface area contributed by atoms with Gasteiger partial charge in [0.05, 0.1) is 10.2 Å². The van der Waals surface area contributed by atoms with Crippen LogP contribution in [0.4, 0.5) is 11.8 Å². The van der Waals surface area contributed by atoms with Crippen LogP contribution >= 0.6 is 11.3 Å². The van der Waals surface area contributed by atoms with E-state index in [9.17, 15) is 0 Å². The van der Waals surface area contributed by atoms with Crippen molar-refractivity contribution in [2.24, 2.45) is 0 Å². The molecule has 0 aliphatic carbocycles. The number of hydrogen-bond donors (Lipinski definition) is 2. The molecule has 4 nitrogen and oxygen atoms in total. The Hall–Kier alpha value is -1.36. The van der Waals surface area contributed by atoms with Gasteiger partial charge in [0.2, 0.25) is 5.95 Å². The first-order valence-electron chi connectivity index (χ1n) is 6.06. The van der Waals surface area contributed by atoms with Crippen molar-refractivity contribution < 1.29 is 0 Å². The van der Waals surface area contributed by atoms with Gasteiger partial charge in [-0.05, 0) is 17.9 Å². The molecule has 0 amide bonds. The molecule has 2 heterocycles. The number of nitrogens with zero attached hydrogens (tertiary/aromatic N) is 2. The average molecular weight is 250 g/mol. The van der Waals surface area contributed by atoms with E-state index in [0.29, 0.717) is 5.95 Å². The topological polar surface area (TPSA) is 63.8 Å². The van der Waals surface area contributed by atoms with Crippen LogP contribution < -0.4 is 11.1 Å². The molecule has 0 bridgehead atoms. The number of nitrogens with two attached hydrogens (primary N) is 1. The predicted octanol–water partition coefficient (Wildman–Crippen LogP) is 3.27. The third-order valence-electron chi connectivity index (χ3n) is 2.64. The molecule has 0 fully saturated rings. The van der Waals surface area contributed by atoms with Gasteiger partial charge in [-0.1, -0.05) is 26.2 Å². The van der Waals surface area contributed by atoms with Crippen molar-refractivity contribution in [1.82, 2.24) is 9.97 Å². The third-order valence-corrected chi connectivity index (χ3v) is 3.55. The summed E-state index contributed by atoms with van der Waals surface area (Å²) in [4.78, 5) is 8.45. The van der Waals surface area contributed by atoms with Gasteiger partial charge >= 0.3 is 0 Å². The Kier molecular flexibility index (Phi) is 4.14. The van der Waals surface area contributed by atoms with Crippen molar-refractivity contribution in [3.63, 3.8) is 0 Å². The van der Waals surface area contributed by atoms with E-state index >= 15 is 0 Å². The number of nitrogens with one attached hydrogen (secondary N) is 1. The van der Waals surface area contributed by atoms with Crippen molar-refractivity contribution >= 4 is 33.3 Å². The van der Waals surface area contributed by atoms with Crippen LogP contribution in [0.1, 0.15) is 32.6 Å². The molecule has 2 aromatic heterocycles. The highest BCUT2D eigenvalue weighted by molar-refractivity contribution is 7.17. The summed E-state index contributed by atoms with van der Waals surface area (Å²) in [5, 5.41) is 5.37. The zero-order valence-corrected chi connectivity index (χ0v) is 10.9. The first kappa shape index (κ1) is 12.1. The van der Waals surface area contributed by atoms with E-state index in [0.717, 1.165) is 22.6 Å². The molecule has 0 unspecified atom stereocenters. The van der Waals surface area contributed by atoms with Crippen molar-refractivity contribution in [3.8, 4) is 0 Å². The lowest BCUT2D eigenvalue weighted by atomic mass is 10.2. The summed E-state index contributed by atoms with van der Waals surface area (Å²) in [6.07, 6.45) is 4.99. The quantitative estimate of drug-likeness (QED) is 0.772. The highest BCUT2D eigenvalue weighted by Gasteiger charge is 2.06. The van der Waals surface area contributed by atoms with Crippen LogP contribution in [0.25, 0.3) is 10.2 Å². The maximum Gasteiger partial charge on any atom is 0.222 e. The van der Waals surface area contributed by atoms with Crippen molar-refractivity contribution in [1.29, 1.82) is 0 Å². The second kappa shape index (κ2) is 5.82. The van der Waals surface area contributed by atoms with Gasteiger partial charge in [0.15, 0.2) is 0 Å². The van der Waals surface area contributed by atoms with E-state index in [2.05, 4.69) is 22.2 Å². The Balaban J connectivity index is 2.00. The predicted molar refractivity (Wildman–Crippen MR) is 74.5 cm³/mol. The number of unbranched alkanes of at least 4 members (excludes halogenated alkanes) is 3. The number of fused-ring (bicyclic) bond motifs is 1. The first-order valence-corrected chi connectivity index (χ1v) is 6.94. The maximum atomic E-state index is 5.68. The molecule has 3 N–H and O–H groups in total. The fraction of sp³-hybridized carbons (Fsp3) is 0.500. The summed E-state index contributed by atoms with van der Waals surface area (Å²) >= 11 is 1.65. The lowest BCUT2D eigenvalue weighted by molar-refractivity contribution is 0.684. The van der Waals surface area contributed by atoms with Crippen molar-refractivity contribution in [2.75, 3.05) is 17.6 Å². The SMILES string of the molecule is CCCCCCNc1nc(N)nc2ccsc12. The fourth-order valence-corrected chi connectivity index (χ4v) is 2.56. The van der Waals surface area contributed by atoms with E-state index in [1.54, 1.807) is 11.3 Å². The molecule has 0 aliphatic heterocycles. The highest BCUT2D eigenvalue weighted by atomic mass is 32.1. The van der Waals surface area contributed by atoms with Crippen molar-refractivity contribution in [3.05, 3.63) is 11.4 Å². The number of nitrogen functional groups attached to an aromatic ring is 1. The number of thiophene rings is 1. The Morgan fingerprint density at radius 1 is 1.29 bits per heavy atom. The molecule has 92 valence electrons. The molecule has 0 aromatic carbocycles. The fourth-order valence-electron chi connectivity index (χ4n) is 1.76. The molecule has 17 heavy (non-hydrogen) atoms. The largest absolute Gasteiger partial charge is 0.369 e. The zero-order chi connectivity index (χ0) is 12.1. The Bertz CT molecular complexity index is 480. The normalized spacial score (nSPS) is 10.9. The lowest BCUT2D eigenvalue weighted by Gasteiger charge is -2.06. The minimum absolute atomic E-state index is 0.340. The Labute approximate surface area is 105 Å². The van der Waals surface area contributed by atoms with Crippen LogP contribution in [0.2, 0.25) is 0 Å². The van der Waals surface area contributed by atoms with E-state index in [4.69, 9.17) is 5.73 Å². The molecule has 2 rings (SSSR count). The Morgan fingerprint density at radius 3 is 3.00 bits per heavy atom. The molecular weight excluding hydrogens is 232 g/mol. The van der Waals surface area contributed by atoms with E-state index in [-0.39, 0.29) is 0 Å². The van der Waals surface area contributed by atoms with Crippen LogP contribution in [-0.4, -0.2) is 16.5 Å². The van der Waals surface area contributed by atoms with Crippen LogP contribution in [-0.2, 0) is 0 Å². The van der Waals surface area contributed by atoms with E-state index in [1.165, 1.54) is 25.7 Å². The van der Waals surface area contributed by atoms with E-state index in [1.807, 2.05) is 11.4 Å². The van der Waals surface area contributed by atoms with Gasteiger partial charge in [-0.25, -0.2) is 4.98 Å². The zero-order valence-electron chi connectivity index (χ0n) is 10.1. The molecule has 0 aliphatic rings. The molecule has 0 saturated carbocycles. The van der Waals surface area contributed by atoms with Gasteiger partial charge in [0.25, 0.3) is 0 Å². The molecule has 2 aromatic rings. The van der Waals surface area contributed by atoms with E-state index < -0.39 is 0 Å². The first-order chi connectivity index (χ1) is 8.31. The van der Waals surface area contributed by atoms with Gasteiger partial charge in [-0.2, -0.15) is 4.98 Å². The third kappa shape index (κ3) is 3.06. The monoisotopic (exact) mass is 250 g/mol. The number of rotatable bonds is 6. The van der Waals surface area contributed by atoms with Gasteiger partial charge in [0, 0.05) is 6.54 Å². The molecule has 0 spiro atoms. The average Bonchev–Trinajstić information content (AvgIpc) is 2.76. The highest BCUT2D eigenvalue weighted by Crippen LogP contribution is 2.26. The van der Waals surface area contributed by atoms with Crippen LogP contribution in [0.15, 0.2) is 11.4 Å². The summed E-state index contributed by atoms with van der Waals surface area (Å²) in [5.74, 6) is 1.21. The number of aromatic nitrogens is 2. The second-order valence-corrected chi connectivity index (χ2v) is 4.97. The minimum atomic E-state index is 0.340. The van der Waals surface area contributed by atoms with Crippen LogP contribution in [0.3, 0.4) is 0 Å². The standard InChI is InChI=1S/C12H18N4S/c1-2-3-4-5-7-14-11-10-9(6-8-17-10)15-12(13)16-11/h6,8H,2-5,7H2,1H3,(H3,13,14,15,16). The molecule has 5 heteroatoms. The molecule has 0 saturated heterocycles. The maximum absolute atomic E-state index is 5.68. The van der Waals surface area contributed by atoms with Gasteiger partial charge < -0.3 is 11.1 Å². The smallest absolute Gasteiger partial charge is 0.222 e. The summed E-state index contributed by atoms with van der Waals surface area (Å²) in [7, 11) is 0.